The van der Waals surface area contributed by atoms with Crippen LogP contribution in [0.15, 0.2) is 35.0 Å². The highest BCUT2D eigenvalue weighted by molar-refractivity contribution is 5.84. The summed E-state index contributed by atoms with van der Waals surface area (Å²) in [5.74, 6) is 0.161. The van der Waals surface area contributed by atoms with E-state index < -0.39 is 11.7 Å². The SMILES string of the molecule is O=Cc1cnoc1-c1ccc(C(F)(F)F)cc1. The summed E-state index contributed by atoms with van der Waals surface area (Å²) >= 11 is 0. The molecule has 0 atom stereocenters. The second kappa shape index (κ2) is 4.04. The topological polar surface area (TPSA) is 43.1 Å². The maximum Gasteiger partial charge on any atom is 0.416 e. The number of hydrogen-bond donors (Lipinski definition) is 0. The van der Waals surface area contributed by atoms with E-state index in [1.54, 1.807) is 0 Å². The van der Waals surface area contributed by atoms with Crippen molar-refractivity contribution in [2.24, 2.45) is 0 Å². The lowest BCUT2D eigenvalue weighted by Gasteiger charge is -2.06. The standard InChI is InChI=1S/C11H6F3NO2/c12-11(13,14)9-3-1-7(2-4-9)10-8(6-16)5-15-17-10/h1-6H. The van der Waals surface area contributed by atoms with Crippen molar-refractivity contribution < 1.29 is 22.5 Å². The molecule has 0 spiro atoms. The summed E-state index contributed by atoms with van der Waals surface area (Å²) in [7, 11) is 0. The van der Waals surface area contributed by atoms with Crippen LogP contribution >= 0.6 is 0 Å². The fourth-order valence-electron chi connectivity index (χ4n) is 1.36. The Labute approximate surface area is 93.8 Å². The van der Waals surface area contributed by atoms with Gasteiger partial charge in [-0.2, -0.15) is 13.2 Å². The highest BCUT2D eigenvalue weighted by atomic mass is 19.4. The lowest BCUT2D eigenvalue weighted by molar-refractivity contribution is -0.137. The van der Waals surface area contributed by atoms with E-state index in [0.717, 1.165) is 12.1 Å². The van der Waals surface area contributed by atoms with Crippen LogP contribution in [0.2, 0.25) is 0 Å². The molecule has 0 fully saturated rings. The maximum atomic E-state index is 12.3. The molecular weight excluding hydrogens is 235 g/mol. The molecule has 2 aromatic rings. The predicted octanol–water partition coefficient (Wildman–Crippen LogP) is 3.17. The van der Waals surface area contributed by atoms with Gasteiger partial charge in [-0.25, -0.2) is 0 Å². The third kappa shape index (κ3) is 2.20. The van der Waals surface area contributed by atoms with Gasteiger partial charge in [-0.3, -0.25) is 4.79 Å². The Hall–Kier alpha value is -2.11. The van der Waals surface area contributed by atoms with Crippen molar-refractivity contribution in [2.75, 3.05) is 0 Å². The van der Waals surface area contributed by atoms with Crippen LogP contribution in [-0.2, 0) is 6.18 Å². The molecule has 0 N–H and O–H groups in total. The minimum Gasteiger partial charge on any atom is -0.356 e. The molecule has 0 radical (unpaired) electrons. The van der Waals surface area contributed by atoms with Gasteiger partial charge in [0.15, 0.2) is 12.0 Å². The Morgan fingerprint density at radius 3 is 2.35 bits per heavy atom. The number of aromatic nitrogens is 1. The van der Waals surface area contributed by atoms with Gasteiger partial charge in [-0.05, 0) is 12.1 Å². The summed E-state index contributed by atoms with van der Waals surface area (Å²) in [6.07, 6.45) is -2.64. The van der Waals surface area contributed by atoms with E-state index in [1.165, 1.54) is 18.3 Å². The first kappa shape index (κ1) is 11.4. The smallest absolute Gasteiger partial charge is 0.356 e. The molecule has 0 aliphatic rings. The number of nitrogens with zero attached hydrogens (tertiary/aromatic N) is 1. The number of aldehydes is 1. The molecule has 0 bridgehead atoms. The lowest BCUT2D eigenvalue weighted by Crippen LogP contribution is -2.04. The first-order valence-corrected chi connectivity index (χ1v) is 4.60. The molecule has 6 heteroatoms. The molecule has 3 nitrogen and oxygen atoms in total. The van der Waals surface area contributed by atoms with Crippen molar-refractivity contribution in [1.29, 1.82) is 0 Å². The highest BCUT2D eigenvalue weighted by Gasteiger charge is 2.30. The molecular formula is C11H6F3NO2. The summed E-state index contributed by atoms with van der Waals surface area (Å²) in [6.45, 7) is 0. The van der Waals surface area contributed by atoms with Crippen molar-refractivity contribution in [3.63, 3.8) is 0 Å². The van der Waals surface area contributed by atoms with Gasteiger partial charge in [-0.15, -0.1) is 0 Å². The van der Waals surface area contributed by atoms with E-state index in [1.807, 2.05) is 0 Å². The first-order chi connectivity index (χ1) is 8.02. The van der Waals surface area contributed by atoms with Gasteiger partial charge < -0.3 is 4.52 Å². The number of hydrogen-bond acceptors (Lipinski definition) is 3. The zero-order valence-electron chi connectivity index (χ0n) is 8.36. The molecule has 0 saturated carbocycles. The maximum absolute atomic E-state index is 12.3. The molecule has 1 aromatic heterocycles. The number of carbonyl (C=O) groups is 1. The van der Waals surface area contributed by atoms with Crippen molar-refractivity contribution >= 4 is 6.29 Å². The van der Waals surface area contributed by atoms with Gasteiger partial charge in [0.25, 0.3) is 0 Å². The van der Waals surface area contributed by atoms with Gasteiger partial charge in [0.05, 0.1) is 17.3 Å². The van der Waals surface area contributed by atoms with Crippen LogP contribution in [0.3, 0.4) is 0 Å². The molecule has 0 aliphatic carbocycles. The quantitative estimate of drug-likeness (QED) is 0.758. The molecule has 17 heavy (non-hydrogen) atoms. The minimum absolute atomic E-state index is 0.161. The van der Waals surface area contributed by atoms with Crippen LogP contribution in [-0.4, -0.2) is 11.4 Å². The lowest BCUT2D eigenvalue weighted by atomic mass is 10.1. The van der Waals surface area contributed by atoms with E-state index in [9.17, 15) is 18.0 Å². The van der Waals surface area contributed by atoms with E-state index in [2.05, 4.69) is 5.16 Å². The van der Waals surface area contributed by atoms with Gasteiger partial charge in [0.2, 0.25) is 0 Å². The summed E-state index contributed by atoms with van der Waals surface area (Å²) in [4.78, 5) is 10.6. The Balaban J connectivity index is 2.39. The van der Waals surface area contributed by atoms with Crippen LogP contribution in [0, 0.1) is 0 Å². The monoisotopic (exact) mass is 241 g/mol. The highest BCUT2D eigenvalue weighted by Crippen LogP contribution is 2.31. The fourth-order valence-corrected chi connectivity index (χ4v) is 1.36. The molecule has 1 heterocycles. The van der Waals surface area contributed by atoms with Crippen molar-refractivity contribution in [3.05, 3.63) is 41.6 Å². The third-order valence-electron chi connectivity index (χ3n) is 2.20. The van der Waals surface area contributed by atoms with Gasteiger partial charge >= 0.3 is 6.18 Å². The molecule has 1 aromatic carbocycles. The molecule has 0 saturated heterocycles. The average molecular weight is 241 g/mol. The Bertz CT molecular complexity index is 528. The van der Waals surface area contributed by atoms with Crippen molar-refractivity contribution in [2.45, 2.75) is 6.18 Å². The van der Waals surface area contributed by atoms with Crippen LogP contribution in [0.1, 0.15) is 15.9 Å². The van der Waals surface area contributed by atoms with Crippen LogP contribution in [0.4, 0.5) is 13.2 Å². The Morgan fingerprint density at radius 1 is 1.18 bits per heavy atom. The van der Waals surface area contributed by atoms with E-state index in [-0.39, 0.29) is 11.3 Å². The number of halogens is 3. The zero-order valence-corrected chi connectivity index (χ0v) is 8.36. The normalized spacial score (nSPS) is 11.5. The molecule has 0 aliphatic heterocycles. The number of carbonyl (C=O) groups excluding carboxylic acids is 1. The number of rotatable bonds is 2. The van der Waals surface area contributed by atoms with E-state index >= 15 is 0 Å². The van der Waals surface area contributed by atoms with Gasteiger partial charge in [0.1, 0.15) is 0 Å². The number of benzene rings is 1. The first-order valence-electron chi connectivity index (χ1n) is 4.60. The minimum atomic E-state index is -4.38. The average Bonchev–Trinajstić information content (AvgIpc) is 2.76. The number of alkyl halides is 3. The molecule has 0 amide bonds. The van der Waals surface area contributed by atoms with Gasteiger partial charge in [0, 0.05) is 5.56 Å². The van der Waals surface area contributed by atoms with Crippen LogP contribution < -0.4 is 0 Å². The molecule has 2 rings (SSSR count). The fraction of sp³-hybridized carbons (Fsp3) is 0.0909. The summed E-state index contributed by atoms with van der Waals surface area (Å²) in [5, 5.41) is 3.41. The van der Waals surface area contributed by atoms with Crippen molar-refractivity contribution in [1.82, 2.24) is 5.16 Å². The Kier molecular flexibility index (Phi) is 2.71. The zero-order chi connectivity index (χ0) is 12.5. The second-order valence-corrected chi connectivity index (χ2v) is 3.30. The third-order valence-corrected chi connectivity index (χ3v) is 2.20. The summed E-state index contributed by atoms with van der Waals surface area (Å²) in [5.41, 5.74) is -0.184. The summed E-state index contributed by atoms with van der Waals surface area (Å²) in [6, 6.07) is 4.31. The predicted molar refractivity (Wildman–Crippen MR) is 52.3 cm³/mol. The summed E-state index contributed by atoms with van der Waals surface area (Å²) < 4.78 is 41.8. The van der Waals surface area contributed by atoms with Crippen LogP contribution in [0.5, 0.6) is 0 Å². The molecule has 88 valence electrons. The van der Waals surface area contributed by atoms with Gasteiger partial charge in [-0.1, -0.05) is 17.3 Å². The molecule has 0 unspecified atom stereocenters. The largest absolute Gasteiger partial charge is 0.416 e. The van der Waals surface area contributed by atoms with Crippen LogP contribution in [0.25, 0.3) is 11.3 Å². The van der Waals surface area contributed by atoms with E-state index in [4.69, 9.17) is 4.52 Å². The van der Waals surface area contributed by atoms with E-state index in [0.29, 0.717) is 11.8 Å². The Morgan fingerprint density at radius 2 is 1.82 bits per heavy atom. The second-order valence-electron chi connectivity index (χ2n) is 3.30. The van der Waals surface area contributed by atoms with Crippen molar-refractivity contribution in [3.8, 4) is 11.3 Å².